The SMILES string of the molecule is Nc1cc(Nc2ccccc2)c2nc(C3CCC(Nc4ccnc(Cl)n4)CC3)cn2n1. The molecule has 0 amide bonds. The zero-order chi connectivity index (χ0) is 21.2. The van der Waals surface area contributed by atoms with Crippen LogP contribution in [0.1, 0.15) is 37.3 Å². The molecule has 3 heterocycles. The fraction of sp³-hybridized carbons (Fsp3) is 0.273. The number of nitrogens with zero attached hydrogens (tertiary/aromatic N) is 5. The number of fused-ring (bicyclic) bond motifs is 1. The van der Waals surface area contributed by atoms with E-state index < -0.39 is 0 Å². The van der Waals surface area contributed by atoms with Crippen LogP contribution in [0.4, 0.5) is 23.0 Å². The molecule has 4 aromatic rings. The van der Waals surface area contributed by atoms with Gasteiger partial charge in [0, 0.05) is 29.9 Å². The van der Waals surface area contributed by atoms with E-state index in [9.17, 15) is 0 Å². The molecule has 1 aliphatic carbocycles. The lowest BCUT2D eigenvalue weighted by atomic mass is 9.84. The minimum atomic E-state index is 0.259. The lowest BCUT2D eigenvalue weighted by Crippen LogP contribution is -2.26. The van der Waals surface area contributed by atoms with Crippen LogP contribution < -0.4 is 16.4 Å². The minimum absolute atomic E-state index is 0.259. The number of benzene rings is 1. The number of halogens is 1. The van der Waals surface area contributed by atoms with Gasteiger partial charge >= 0.3 is 0 Å². The number of para-hydroxylation sites is 1. The molecule has 9 heteroatoms. The molecule has 1 saturated carbocycles. The normalized spacial score (nSPS) is 18.7. The van der Waals surface area contributed by atoms with Crippen LogP contribution in [0.2, 0.25) is 5.28 Å². The van der Waals surface area contributed by atoms with Gasteiger partial charge in [-0.25, -0.2) is 19.5 Å². The third-order valence-electron chi connectivity index (χ3n) is 5.64. The summed E-state index contributed by atoms with van der Waals surface area (Å²) in [4.78, 5) is 13.1. The molecule has 1 aromatic carbocycles. The Bertz CT molecular complexity index is 1180. The highest BCUT2D eigenvalue weighted by Crippen LogP contribution is 2.34. The monoisotopic (exact) mass is 434 g/mol. The summed E-state index contributed by atoms with van der Waals surface area (Å²) in [6.45, 7) is 0. The topological polar surface area (TPSA) is 106 Å². The molecule has 1 aliphatic rings. The highest BCUT2D eigenvalue weighted by molar-refractivity contribution is 6.28. The molecule has 158 valence electrons. The van der Waals surface area contributed by atoms with E-state index in [0.717, 1.165) is 54.2 Å². The molecule has 0 saturated heterocycles. The lowest BCUT2D eigenvalue weighted by Gasteiger charge is -2.28. The number of imidazole rings is 1. The first kappa shape index (κ1) is 19.6. The first-order valence-electron chi connectivity index (χ1n) is 10.4. The van der Waals surface area contributed by atoms with Crippen LogP contribution in [0.25, 0.3) is 5.65 Å². The fourth-order valence-corrected chi connectivity index (χ4v) is 4.29. The molecule has 5 rings (SSSR count). The maximum absolute atomic E-state index is 6.04. The van der Waals surface area contributed by atoms with Crippen LogP contribution in [-0.4, -0.2) is 30.6 Å². The molecule has 3 aromatic heterocycles. The van der Waals surface area contributed by atoms with Gasteiger partial charge in [-0.1, -0.05) is 18.2 Å². The third kappa shape index (κ3) is 4.39. The van der Waals surface area contributed by atoms with Crippen molar-refractivity contribution < 1.29 is 0 Å². The number of rotatable bonds is 5. The summed E-state index contributed by atoms with van der Waals surface area (Å²) in [6, 6.07) is 14.0. The molecule has 0 radical (unpaired) electrons. The Kier molecular flexibility index (Phi) is 5.30. The second kappa shape index (κ2) is 8.39. The van der Waals surface area contributed by atoms with Gasteiger partial charge in [-0.15, -0.1) is 5.10 Å². The Balaban J connectivity index is 1.31. The van der Waals surface area contributed by atoms with Gasteiger partial charge in [0.2, 0.25) is 5.28 Å². The molecule has 0 bridgehead atoms. The number of anilines is 4. The van der Waals surface area contributed by atoms with E-state index in [1.165, 1.54) is 0 Å². The van der Waals surface area contributed by atoms with Gasteiger partial charge in [0.25, 0.3) is 0 Å². The lowest BCUT2D eigenvalue weighted by molar-refractivity contribution is 0.407. The number of nitrogens with two attached hydrogens (primary N) is 1. The molecule has 8 nitrogen and oxygen atoms in total. The van der Waals surface area contributed by atoms with Crippen molar-refractivity contribution in [3.8, 4) is 0 Å². The third-order valence-corrected chi connectivity index (χ3v) is 5.82. The zero-order valence-electron chi connectivity index (χ0n) is 16.9. The van der Waals surface area contributed by atoms with E-state index in [4.69, 9.17) is 22.3 Å². The largest absolute Gasteiger partial charge is 0.382 e. The van der Waals surface area contributed by atoms with Gasteiger partial charge in [0.1, 0.15) is 11.6 Å². The Morgan fingerprint density at radius 1 is 1.03 bits per heavy atom. The summed E-state index contributed by atoms with van der Waals surface area (Å²) < 4.78 is 1.78. The molecule has 0 aliphatic heterocycles. The Morgan fingerprint density at radius 2 is 1.84 bits per heavy atom. The van der Waals surface area contributed by atoms with Crippen molar-refractivity contribution in [2.24, 2.45) is 0 Å². The van der Waals surface area contributed by atoms with Crippen LogP contribution in [0.5, 0.6) is 0 Å². The zero-order valence-corrected chi connectivity index (χ0v) is 17.6. The number of hydrogen-bond acceptors (Lipinski definition) is 7. The smallest absolute Gasteiger partial charge is 0.224 e. The van der Waals surface area contributed by atoms with E-state index in [2.05, 4.69) is 25.7 Å². The van der Waals surface area contributed by atoms with Gasteiger partial charge in [-0.2, -0.15) is 0 Å². The summed E-state index contributed by atoms with van der Waals surface area (Å²) in [5.74, 6) is 1.61. The minimum Gasteiger partial charge on any atom is -0.382 e. The van der Waals surface area contributed by atoms with Gasteiger partial charge in [-0.3, -0.25) is 0 Å². The molecule has 1 fully saturated rings. The number of nitrogen functional groups attached to an aromatic ring is 1. The first-order valence-corrected chi connectivity index (χ1v) is 10.7. The van der Waals surface area contributed by atoms with Crippen LogP contribution in [0, 0.1) is 0 Å². The second-order valence-corrected chi connectivity index (χ2v) is 8.15. The highest BCUT2D eigenvalue weighted by atomic mass is 35.5. The average Bonchev–Trinajstić information content (AvgIpc) is 3.19. The predicted octanol–water partition coefficient (Wildman–Crippen LogP) is 4.64. The summed E-state index contributed by atoms with van der Waals surface area (Å²) in [5.41, 5.74) is 9.71. The molecule has 0 atom stereocenters. The van der Waals surface area contributed by atoms with E-state index in [-0.39, 0.29) is 5.28 Å². The Labute approximate surface area is 184 Å². The van der Waals surface area contributed by atoms with Crippen LogP contribution in [0.15, 0.2) is 54.9 Å². The van der Waals surface area contributed by atoms with Crippen molar-refractivity contribution in [1.29, 1.82) is 0 Å². The number of hydrogen-bond donors (Lipinski definition) is 3. The maximum atomic E-state index is 6.04. The van der Waals surface area contributed by atoms with E-state index in [1.807, 2.05) is 48.7 Å². The van der Waals surface area contributed by atoms with Gasteiger partial charge in [-0.05, 0) is 55.5 Å². The summed E-state index contributed by atoms with van der Waals surface area (Å²) in [6.07, 6.45) is 7.81. The van der Waals surface area contributed by atoms with Crippen molar-refractivity contribution in [2.75, 3.05) is 16.4 Å². The first-order chi connectivity index (χ1) is 15.1. The van der Waals surface area contributed by atoms with Gasteiger partial charge in [0.05, 0.1) is 17.6 Å². The fourth-order valence-electron chi connectivity index (χ4n) is 4.14. The Morgan fingerprint density at radius 3 is 2.61 bits per heavy atom. The molecular weight excluding hydrogens is 412 g/mol. The van der Waals surface area contributed by atoms with Crippen molar-refractivity contribution in [3.05, 3.63) is 65.8 Å². The molecular formula is C22H23ClN8. The molecule has 0 unspecified atom stereocenters. The summed E-state index contributed by atoms with van der Waals surface area (Å²) >= 11 is 5.89. The summed E-state index contributed by atoms with van der Waals surface area (Å²) in [5, 5.41) is 11.6. The maximum Gasteiger partial charge on any atom is 0.224 e. The van der Waals surface area contributed by atoms with Gasteiger partial charge < -0.3 is 16.4 Å². The van der Waals surface area contributed by atoms with E-state index in [0.29, 0.717) is 17.8 Å². The Hall–Kier alpha value is -3.39. The van der Waals surface area contributed by atoms with Crippen LogP contribution in [0.3, 0.4) is 0 Å². The van der Waals surface area contributed by atoms with Crippen molar-refractivity contribution >= 4 is 40.3 Å². The predicted molar refractivity (Wildman–Crippen MR) is 123 cm³/mol. The van der Waals surface area contributed by atoms with E-state index >= 15 is 0 Å². The quantitative estimate of drug-likeness (QED) is 0.393. The van der Waals surface area contributed by atoms with Crippen molar-refractivity contribution in [3.63, 3.8) is 0 Å². The molecule has 4 N–H and O–H groups in total. The van der Waals surface area contributed by atoms with Crippen LogP contribution in [-0.2, 0) is 0 Å². The van der Waals surface area contributed by atoms with Crippen molar-refractivity contribution in [1.82, 2.24) is 24.6 Å². The van der Waals surface area contributed by atoms with E-state index in [1.54, 1.807) is 10.7 Å². The number of aromatic nitrogens is 5. The van der Waals surface area contributed by atoms with Crippen molar-refractivity contribution in [2.45, 2.75) is 37.6 Å². The molecule has 0 spiro atoms. The van der Waals surface area contributed by atoms with Gasteiger partial charge in [0.15, 0.2) is 5.65 Å². The number of nitrogens with one attached hydrogen (secondary N) is 2. The average molecular weight is 435 g/mol. The standard InChI is InChI=1S/C22H23ClN8/c23-22-25-11-10-20(29-22)27-16-8-6-14(7-9-16)18-13-31-21(28-18)17(12-19(24)30-31)26-15-4-2-1-3-5-15/h1-5,10-14,16,26H,6-9H2,(H2,24,30)(H,25,27,29). The summed E-state index contributed by atoms with van der Waals surface area (Å²) in [7, 11) is 0. The van der Waals surface area contributed by atoms with Crippen LogP contribution >= 0.6 is 11.6 Å². The second-order valence-electron chi connectivity index (χ2n) is 7.81. The molecule has 31 heavy (non-hydrogen) atoms. The highest BCUT2D eigenvalue weighted by Gasteiger charge is 2.25.